The molecule has 0 aromatic heterocycles. The van der Waals surface area contributed by atoms with Gasteiger partial charge in [0.1, 0.15) is 0 Å². The van der Waals surface area contributed by atoms with Crippen LogP contribution < -0.4 is 11.1 Å². The Balaban J connectivity index is 2.72. The highest BCUT2D eigenvalue weighted by atomic mass is 16.3. The van der Waals surface area contributed by atoms with Gasteiger partial charge in [-0.15, -0.1) is 0 Å². The zero-order valence-electron chi connectivity index (χ0n) is 12.5. The molecule has 0 heterocycles. The Morgan fingerprint density at radius 3 is 2.38 bits per heavy atom. The van der Waals surface area contributed by atoms with Gasteiger partial charge in [-0.3, -0.25) is 4.79 Å². The highest BCUT2D eigenvalue weighted by Crippen LogP contribution is 2.25. The van der Waals surface area contributed by atoms with Crippen molar-refractivity contribution in [3.8, 4) is 11.5 Å². The molecular weight excluding hydrogens is 272 g/mol. The Morgan fingerprint density at radius 1 is 1.29 bits per heavy atom. The molecule has 0 fully saturated rings. The second-order valence-corrected chi connectivity index (χ2v) is 5.27. The summed E-state index contributed by atoms with van der Waals surface area (Å²) in [5.74, 6) is -0.805. The van der Waals surface area contributed by atoms with E-state index in [1.165, 1.54) is 12.1 Å². The Hall–Kier alpha value is -1.79. The van der Waals surface area contributed by atoms with Gasteiger partial charge in [0.25, 0.3) is 0 Å². The number of phenols is 2. The van der Waals surface area contributed by atoms with Gasteiger partial charge in [0, 0.05) is 0 Å². The van der Waals surface area contributed by atoms with Crippen molar-refractivity contribution in [2.75, 3.05) is 6.61 Å². The van der Waals surface area contributed by atoms with Crippen molar-refractivity contribution < 1.29 is 20.1 Å². The van der Waals surface area contributed by atoms with E-state index in [4.69, 9.17) is 5.73 Å². The van der Waals surface area contributed by atoms with Gasteiger partial charge in [-0.2, -0.15) is 0 Å². The lowest BCUT2D eigenvalue weighted by Crippen LogP contribution is -2.55. The maximum atomic E-state index is 12.1. The van der Waals surface area contributed by atoms with Crippen molar-refractivity contribution in [2.45, 2.75) is 44.7 Å². The third-order valence-corrected chi connectivity index (χ3v) is 3.88. The average molecular weight is 296 g/mol. The largest absolute Gasteiger partial charge is 0.504 e. The van der Waals surface area contributed by atoms with E-state index < -0.39 is 11.6 Å². The van der Waals surface area contributed by atoms with E-state index in [9.17, 15) is 20.1 Å². The van der Waals surface area contributed by atoms with Crippen LogP contribution in [0.2, 0.25) is 0 Å². The molecule has 6 N–H and O–H groups in total. The van der Waals surface area contributed by atoms with Crippen LogP contribution in [-0.2, 0) is 11.2 Å². The van der Waals surface area contributed by atoms with Gasteiger partial charge in [0.15, 0.2) is 11.5 Å². The summed E-state index contributed by atoms with van der Waals surface area (Å²) < 4.78 is 0. The maximum absolute atomic E-state index is 12.1. The fourth-order valence-corrected chi connectivity index (χ4v) is 2.09. The standard InChI is InChI=1S/C15H24N2O4/c1-3-15(4-2,9-18)17-14(21)11(16)7-10-5-6-12(19)13(20)8-10/h5-6,8,11,18-20H,3-4,7,9,16H2,1-2H3,(H,17,21)/t11-/m0/s1. The highest BCUT2D eigenvalue weighted by Gasteiger charge is 2.29. The molecule has 1 amide bonds. The van der Waals surface area contributed by atoms with E-state index in [1.54, 1.807) is 6.07 Å². The van der Waals surface area contributed by atoms with Crippen LogP contribution in [0.25, 0.3) is 0 Å². The molecule has 21 heavy (non-hydrogen) atoms. The number of carbonyl (C=O) groups excluding carboxylic acids is 1. The number of benzene rings is 1. The quantitative estimate of drug-likeness (QED) is 0.473. The fourth-order valence-electron chi connectivity index (χ4n) is 2.09. The van der Waals surface area contributed by atoms with Crippen LogP contribution in [-0.4, -0.2) is 39.4 Å². The summed E-state index contributed by atoms with van der Waals surface area (Å²) in [6.07, 6.45) is 1.45. The minimum atomic E-state index is -0.794. The zero-order valence-corrected chi connectivity index (χ0v) is 12.5. The van der Waals surface area contributed by atoms with Gasteiger partial charge in [-0.25, -0.2) is 0 Å². The molecule has 0 aliphatic rings. The number of nitrogens with one attached hydrogen (secondary N) is 1. The van der Waals surface area contributed by atoms with Gasteiger partial charge < -0.3 is 26.4 Å². The number of phenolic OH excluding ortho intramolecular Hbond substituents is 2. The minimum absolute atomic E-state index is 0.140. The van der Waals surface area contributed by atoms with E-state index >= 15 is 0 Å². The molecule has 118 valence electrons. The molecule has 0 bridgehead atoms. The molecule has 0 spiro atoms. The molecule has 0 saturated carbocycles. The first kappa shape index (κ1) is 17.3. The highest BCUT2D eigenvalue weighted by molar-refractivity contribution is 5.82. The van der Waals surface area contributed by atoms with Crippen molar-refractivity contribution in [2.24, 2.45) is 5.73 Å². The van der Waals surface area contributed by atoms with Crippen LogP contribution in [0.15, 0.2) is 18.2 Å². The molecule has 0 unspecified atom stereocenters. The predicted octanol–water partition coefficient (Wildman–Crippen LogP) is 0.635. The van der Waals surface area contributed by atoms with Gasteiger partial charge in [-0.05, 0) is 37.0 Å². The van der Waals surface area contributed by atoms with Crippen LogP contribution in [0.5, 0.6) is 11.5 Å². The smallest absolute Gasteiger partial charge is 0.237 e. The predicted molar refractivity (Wildman–Crippen MR) is 80.0 cm³/mol. The Bertz CT molecular complexity index is 478. The summed E-state index contributed by atoms with van der Waals surface area (Å²) in [5.41, 5.74) is 5.87. The summed E-state index contributed by atoms with van der Waals surface area (Å²) in [4.78, 5) is 12.1. The number of aromatic hydroxyl groups is 2. The summed E-state index contributed by atoms with van der Waals surface area (Å²) in [5, 5.41) is 30.9. The number of hydrogen-bond donors (Lipinski definition) is 5. The average Bonchev–Trinajstić information content (AvgIpc) is 2.48. The molecule has 0 aliphatic heterocycles. The van der Waals surface area contributed by atoms with Crippen LogP contribution in [0.4, 0.5) is 0 Å². The molecular formula is C15H24N2O4. The summed E-state index contributed by atoms with van der Waals surface area (Å²) in [6.45, 7) is 3.64. The van der Waals surface area contributed by atoms with Crippen molar-refractivity contribution in [1.29, 1.82) is 0 Å². The number of aliphatic hydroxyl groups is 1. The Kier molecular flexibility index (Phi) is 5.99. The Labute approximate surface area is 124 Å². The molecule has 1 rings (SSSR count). The number of aliphatic hydroxyl groups excluding tert-OH is 1. The molecule has 1 aromatic carbocycles. The monoisotopic (exact) mass is 296 g/mol. The second kappa shape index (κ2) is 7.28. The van der Waals surface area contributed by atoms with Gasteiger partial charge in [0.05, 0.1) is 18.2 Å². The summed E-state index contributed by atoms with van der Waals surface area (Å²) >= 11 is 0. The SMILES string of the molecule is CCC(CC)(CO)NC(=O)[C@@H](N)Cc1ccc(O)c(O)c1. The molecule has 1 atom stereocenters. The van der Waals surface area contributed by atoms with E-state index in [1.807, 2.05) is 13.8 Å². The number of hydrogen-bond acceptors (Lipinski definition) is 5. The van der Waals surface area contributed by atoms with Crippen molar-refractivity contribution in [3.05, 3.63) is 23.8 Å². The topological polar surface area (TPSA) is 116 Å². The number of rotatable bonds is 7. The number of carbonyl (C=O) groups is 1. The molecule has 0 saturated heterocycles. The number of nitrogens with two attached hydrogens (primary N) is 1. The van der Waals surface area contributed by atoms with E-state index in [2.05, 4.69) is 5.32 Å². The van der Waals surface area contributed by atoms with Crippen LogP contribution in [0.1, 0.15) is 32.3 Å². The molecule has 6 heteroatoms. The minimum Gasteiger partial charge on any atom is -0.504 e. The molecule has 0 radical (unpaired) electrons. The van der Waals surface area contributed by atoms with E-state index in [0.29, 0.717) is 18.4 Å². The lowest BCUT2D eigenvalue weighted by Gasteiger charge is -2.32. The molecule has 0 aliphatic carbocycles. The van der Waals surface area contributed by atoms with Crippen LogP contribution >= 0.6 is 0 Å². The van der Waals surface area contributed by atoms with E-state index in [0.717, 1.165) is 0 Å². The van der Waals surface area contributed by atoms with Crippen molar-refractivity contribution in [3.63, 3.8) is 0 Å². The van der Waals surface area contributed by atoms with Crippen molar-refractivity contribution in [1.82, 2.24) is 5.32 Å². The third-order valence-electron chi connectivity index (χ3n) is 3.88. The molecule has 1 aromatic rings. The zero-order chi connectivity index (χ0) is 16.0. The van der Waals surface area contributed by atoms with E-state index in [-0.39, 0.29) is 30.4 Å². The van der Waals surface area contributed by atoms with Crippen LogP contribution in [0, 0.1) is 0 Å². The summed E-state index contributed by atoms with van der Waals surface area (Å²) in [6, 6.07) is 3.53. The lowest BCUT2D eigenvalue weighted by atomic mass is 9.93. The fraction of sp³-hybridized carbons (Fsp3) is 0.533. The third kappa shape index (κ3) is 4.34. The first-order valence-corrected chi connectivity index (χ1v) is 7.06. The number of amides is 1. The first-order chi connectivity index (χ1) is 9.87. The Morgan fingerprint density at radius 2 is 1.90 bits per heavy atom. The normalized spacial score (nSPS) is 13.0. The maximum Gasteiger partial charge on any atom is 0.237 e. The second-order valence-electron chi connectivity index (χ2n) is 5.27. The van der Waals surface area contributed by atoms with Crippen LogP contribution in [0.3, 0.4) is 0 Å². The first-order valence-electron chi connectivity index (χ1n) is 7.06. The van der Waals surface area contributed by atoms with Gasteiger partial charge in [-0.1, -0.05) is 19.9 Å². The van der Waals surface area contributed by atoms with Gasteiger partial charge >= 0.3 is 0 Å². The van der Waals surface area contributed by atoms with Gasteiger partial charge in [0.2, 0.25) is 5.91 Å². The summed E-state index contributed by atoms with van der Waals surface area (Å²) in [7, 11) is 0. The molecule has 6 nitrogen and oxygen atoms in total. The lowest BCUT2D eigenvalue weighted by molar-refractivity contribution is -0.125. The van der Waals surface area contributed by atoms with Crippen molar-refractivity contribution >= 4 is 5.91 Å².